The van der Waals surface area contributed by atoms with E-state index in [1.54, 1.807) is 6.92 Å². The standard InChI is InChI=1S/C13H24F3N3O/c1-3-8-19(11-4-6-17-7-5-11)10(2)12(20)18-9-13(14,15)16/h10-11,17H,3-9H2,1-2H3,(H,18,20). The van der Waals surface area contributed by atoms with Gasteiger partial charge in [-0.15, -0.1) is 0 Å². The second-order valence-corrected chi connectivity index (χ2v) is 5.23. The van der Waals surface area contributed by atoms with Gasteiger partial charge in [0.1, 0.15) is 6.54 Å². The molecule has 1 unspecified atom stereocenters. The minimum Gasteiger partial charge on any atom is -0.346 e. The Morgan fingerprint density at radius 1 is 1.40 bits per heavy atom. The molecule has 1 atom stereocenters. The van der Waals surface area contributed by atoms with Crippen molar-refractivity contribution in [1.29, 1.82) is 0 Å². The van der Waals surface area contributed by atoms with Gasteiger partial charge in [-0.05, 0) is 45.8 Å². The molecule has 1 saturated heterocycles. The van der Waals surface area contributed by atoms with Crippen molar-refractivity contribution in [2.45, 2.75) is 51.4 Å². The van der Waals surface area contributed by atoms with Gasteiger partial charge in [0.2, 0.25) is 5.91 Å². The van der Waals surface area contributed by atoms with Crippen LogP contribution >= 0.6 is 0 Å². The lowest BCUT2D eigenvalue weighted by Crippen LogP contribution is -2.53. The highest BCUT2D eigenvalue weighted by molar-refractivity contribution is 5.81. The SMILES string of the molecule is CCCN(C1CCNCC1)C(C)C(=O)NCC(F)(F)F. The van der Waals surface area contributed by atoms with Crippen LogP contribution in [0, 0.1) is 0 Å². The zero-order chi connectivity index (χ0) is 15.2. The molecule has 0 radical (unpaired) electrons. The van der Waals surface area contributed by atoms with Crippen LogP contribution in [0.3, 0.4) is 0 Å². The molecule has 118 valence electrons. The van der Waals surface area contributed by atoms with Crippen molar-refractivity contribution in [1.82, 2.24) is 15.5 Å². The number of amides is 1. The van der Waals surface area contributed by atoms with E-state index in [9.17, 15) is 18.0 Å². The number of piperidine rings is 1. The Morgan fingerprint density at radius 2 is 2.00 bits per heavy atom. The number of halogens is 3. The second-order valence-electron chi connectivity index (χ2n) is 5.23. The Labute approximate surface area is 118 Å². The monoisotopic (exact) mass is 295 g/mol. The van der Waals surface area contributed by atoms with Crippen molar-refractivity contribution in [3.8, 4) is 0 Å². The highest BCUT2D eigenvalue weighted by Crippen LogP contribution is 2.17. The fourth-order valence-electron chi connectivity index (χ4n) is 2.57. The third-order valence-corrected chi connectivity index (χ3v) is 3.60. The first-order chi connectivity index (χ1) is 9.35. The maximum atomic E-state index is 12.1. The first-order valence-electron chi connectivity index (χ1n) is 7.16. The molecular weight excluding hydrogens is 271 g/mol. The molecule has 1 aliphatic heterocycles. The van der Waals surface area contributed by atoms with Gasteiger partial charge < -0.3 is 10.6 Å². The van der Waals surface area contributed by atoms with Gasteiger partial charge in [0.25, 0.3) is 0 Å². The van der Waals surface area contributed by atoms with E-state index in [0.717, 1.165) is 38.9 Å². The number of alkyl halides is 3. The van der Waals surface area contributed by atoms with E-state index >= 15 is 0 Å². The summed E-state index contributed by atoms with van der Waals surface area (Å²) in [6.07, 6.45) is -1.63. The Morgan fingerprint density at radius 3 is 2.50 bits per heavy atom. The smallest absolute Gasteiger partial charge is 0.346 e. The number of hydrogen-bond acceptors (Lipinski definition) is 3. The first-order valence-corrected chi connectivity index (χ1v) is 7.16. The summed E-state index contributed by atoms with van der Waals surface area (Å²) in [5.74, 6) is -0.547. The van der Waals surface area contributed by atoms with Gasteiger partial charge >= 0.3 is 6.18 Å². The van der Waals surface area contributed by atoms with E-state index in [2.05, 4.69) is 5.32 Å². The van der Waals surface area contributed by atoms with Crippen molar-refractivity contribution in [3.05, 3.63) is 0 Å². The molecule has 20 heavy (non-hydrogen) atoms. The van der Waals surface area contributed by atoms with Crippen molar-refractivity contribution < 1.29 is 18.0 Å². The molecule has 0 saturated carbocycles. The summed E-state index contributed by atoms with van der Waals surface area (Å²) < 4.78 is 36.4. The summed E-state index contributed by atoms with van der Waals surface area (Å²) in [7, 11) is 0. The Hall–Kier alpha value is -0.820. The van der Waals surface area contributed by atoms with Gasteiger partial charge in [-0.2, -0.15) is 13.2 Å². The molecule has 1 amide bonds. The van der Waals surface area contributed by atoms with Crippen molar-refractivity contribution in [3.63, 3.8) is 0 Å². The van der Waals surface area contributed by atoms with Crippen LogP contribution < -0.4 is 10.6 Å². The molecule has 0 aromatic carbocycles. The van der Waals surface area contributed by atoms with Gasteiger partial charge in [0.05, 0.1) is 6.04 Å². The van der Waals surface area contributed by atoms with E-state index in [4.69, 9.17) is 0 Å². The largest absolute Gasteiger partial charge is 0.405 e. The molecule has 0 aromatic rings. The lowest BCUT2D eigenvalue weighted by molar-refractivity contribution is -0.142. The molecule has 0 bridgehead atoms. The molecule has 0 aromatic heterocycles. The van der Waals surface area contributed by atoms with E-state index in [-0.39, 0.29) is 6.04 Å². The predicted molar refractivity (Wildman–Crippen MR) is 71.4 cm³/mol. The molecule has 0 aliphatic carbocycles. The molecule has 4 nitrogen and oxygen atoms in total. The zero-order valence-electron chi connectivity index (χ0n) is 12.1. The maximum Gasteiger partial charge on any atom is 0.405 e. The highest BCUT2D eigenvalue weighted by Gasteiger charge is 2.32. The number of carbonyl (C=O) groups is 1. The van der Waals surface area contributed by atoms with Crippen LogP contribution in [0.15, 0.2) is 0 Å². The van der Waals surface area contributed by atoms with Gasteiger partial charge in [0.15, 0.2) is 0 Å². The minimum atomic E-state index is -4.36. The van der Waals surface area contributed by atoms with Crippen LogP contribution in [0.5, 0.6) is 0 Å². The number of nitrogens with zero attached hydrogens (tertiary/aromatic N) is 1. The third kappa shape index (κ3) is 5.66. The third-order valence-electron chi connectivity index (χ3n) is 3.60. The van der Waals surface area contributed by atoms with E-state index in [1.165, 1.54) is 0 Å². The molecule has 7 heteroatoms. The topological polar surface area (TPSA) is 44.4 Å². The van der Waals surface area contributed by atoms with E-state index in [1.807, 2.05) is 17.1 Å². The van der Waals surface area contributed by atoms with Crippen LogP contribution in [-0.4, -0.2) is 55.2 Å². The van der Waals surface area contributed by atoms with Crippen LogP contribution in [0.2, 0.25) is 0 Å². The lowest BCUT2D eigenvalue weighted by Gasteiger charge is -2.38. The molecule has 1 aliphatic rings. The van der Waals surface area contributed by atoms with E-state index in [0.29, 0.717) is 0 Å². The number of hydrogen-bond donors (Lipinski definition) is 2. The zero-order valence-corrected chi connectivity index (χ0v) is 12.1. The van der Waals surface area contributed by atoms with Crippen LogP contribution in [-0.2, 0) is 4.79 Å². The molecule has 1 rings (SSSR count). The number of nitrogens with one attached hydrogen (secondary N) is 2. The Balaban J connectivity index is 2.57. The number of rotatable bonds is 6. The van der Waals surface area contributed by atoms with Crippen molar-refractivity contribution in [2.24, 2.45) is 0 Å². The Bertz CT molecular complexity index is 304. The average molecular weight is 295 g/mol. The van der Waals surface area contributed by atoms with Crippen LogP contribution in [0.25, 0.3) is 0 Å². The lowest BCUT2D eigenvalue weighted by atomic mass is 10.0. The van der Waals surface area contributed by atoms with Gasteiger partial charge in [-0.3, -0.25) is 9.69 Å². The average Bonchev–Trinajstić information content (AvgIpc) is 2.41. The molecule has 2 N–H and O–H groups in total. The minimum absolute atomic E-state index is 0.267. The normalized spacial score (nSPS) is 19.1. The van der Waals surface area contributed by atoms with Gasteiger partial charge in [-0.25, -0.2) is 0 Å². The van der Waals surface area contributed by atoms with Gasteiger partial charge in [-0.1, -0.05) is 6.92 Å². The van der Waals surface area contributed by atoms with Crippen LogP contribution in [0.1, 0.15) is 33.1 Å². The maximum absolute atomic E-state index is 12.1. The van der Waals surface area contributed by atoms with Crippen molar-refractivity contribution >= 4 is 5.91 Å². The molecular formula is C13H24F3N3O. The van der Waals surface area contributed by atoms with Gasteiger partial charge in [0, 0.05) is 6.04 Å². The Kier molecular flexibility index (Phi) is 6.75. The van der Waals surface area contributed by atoms with Crippen molar-refractivity contribution in [2.75, 3.05) is 26.2 Å². The fraction of sp³-hybridized carbons (Fsp3) is 0.923. The molecule has 0 spiro atoms. The molecule has 1 heterocycles. The number of carbonyl (C=O) groups excluding carboxylic acids is 1. The summed E-state index contributed by atoms with van der Waals surface area (Å²) in [6.45, 7) is 4.94. The summed E-state index contributed by atoms with van der Waals surface area (Å²) in [4.78, 5) is 13.9. The summed E-state index contributed by atoms with van der Waals surface area (Å²) in [5.41, 5.74) is 0. The predicted octanol–water partition coefficient (Wildman–Crippen LogP) is 1.52. The summed E-state index contributed by atoms with van der Waals surface area (Å²) in [5, 5.41) is 5.23. The molecule has 1 fully saturated rings. The van der Waals surface area contributed by atoms with Crippen LogP contribution in [0.4, 0.5) is 13.2 Å². The second kappa shape index (κ2) is 7.83. The summed E-state index contributed by atoms with van der Waals surface area (Å²) in [6, 6.07) is -0.261. The fourth-order valence-corrected chi connectivity index (χ4v) is 2.57. The quantitative estimate of drug-likeness (QED) is 0.781. The highest BCUT2D eigenvalue weighted by atomic mass is 19.4. The van der Waals surface area contributed by atoms with E-state index < -0.39 is 24.7 Å². The first kappa shape index (κ1) is 17.2. The summed E-state index contributed by atoms with van der Waals surface area (Å²) >= 11 is 0.